The Labute approximate surface area is 129 Å². The van der Waals surface area contributed by atoms with E-state index in [2.05, 4.69) is 18.2 Å². The van der Waals surface area contributed by atoms with Crippen LogP contribution in [0, 0.1) is 0 Å². The summed E-state index contributed by atoms with van der Waals surface area (Å²) in [6.07, 6.45) is 4.60. The van der Waals surface area contributed by atoms with Gasteiger partial charge >= 0.3 is 0 Å². The first-order chi connectivity index (χ1) is 9.13. The van der Waals surface area contributed by atoms with Gasteiger partial charge in [0.25, 0.3) is 0 Å². The van der Waals surface area contributed by atoms with Gasteiger partial charge in [-0.25, -0.2) is 0 Å². The van der Waals surface area contributed by atoms with Gasteiger partial charge in [0.2, 0.25) is 5.91 Å². The van der Waals surface area contributed by atoms with Crippen LogP contribution in [0.2, 0.25) is 0 Å². The van der Waals surface area contributed by atoms with Gasteiger partial charge in [0.15, 0.2) is 0 Å². The van der Waals surface area contributed by atoms with E-state index >= 15 is 0 Å². The van der Waals surface area contributed by atoms with E-state index in [-0.39, 0.29) is 24.4 Å². The standard InChI is InChI=1S/C14H16ClN3O.ClH/c15-18-6-3-11-7-10(1-2-12(11)9-18)8-17-5-4-13(16)14(17)19;/h1-3,6-7,13H,4-5,8-9,16H2;1H/t13-;/m0./s1. The number of rotatable bonds is 2. The molecule has 0 saturated carbocycles. The average Bonchev–Trinajstić information content (AvgIpc) is 2.71. The van der Waals surface area contributed by atoms with Gasteiger partial charge in [-0.15, -0.1) is 12.4 Å². The smallest absolute Gasteiger partial charge is 0.239 e. The molecule has 2 aliphatic rings. The largest absolute Gasteiger partial charge is 0.337 e. The van der Waals surface area contributed by atoms with Crippen molar-refractivity contribution < 1.29 is 4.79 Å². The Hall–Kier alpha value is -1.23. The minimum atomic E-state index is -0.317. The van der Waals surface area contributed by atoms with Crippen molar-refractivity contribution in [3.8, 4) is 0 Å². The van der Waals surface area contributed by atoms with Crippen molar-refractivity contribution >= 4 is 36.2 Å². The third kappa shape index (κ3) is 2.92. The van der Waals surface area contributed by atoms with Gasteiger partial charge in [-0.1, -0.05) is 12.1 Å². The molecule has 108 valence electrons. The Kier molecular flexibility index (Phi) is 4.58. The molecule has 1 aromatic rings. The summed E-state index contributed by atoms with van der Waals surface area (Å²) < 4.78 is 1.63. The molecule has 1 saturated heterocycles. The van der Waals surface area contributed by atoms with Crippen LogP contribution >= 0.6 is 24.2 Å². The van der Waals surface area contributed by atoms with Crippen molar-refractivity contribution in [2.45, 2.75) is 25.6 Å². The van der Waals surface area contributed by atoms with Crippen LogP contribution in [0.1, 0.15) is 23.1 Å². The first kappa shape index (κ1) is 15.2. The minimum absolute atomic E-state index is 0. The molecule has 2 heterocycles. The van der Waals surface area contributed by atoms with Crippen molar-refractivity contribution in [2.24, 2.45) is 5.73 Å². The van der Waals surface area contributed by atoms with Crippen molar-refractivity contribution in [2.75, 3.05) is 6.54 Å². The Balaban J connectivity index is 0.00000147. The molecule has 0 spiro atoms. The maximum absolute atomic E-state index is 11.8. The van der Waals surface area contributed by atoms with Crippen LogP contribution in [0.15, 0.2) is 24.4 Å². The molecule has 1 atom stereocenters. The zero-order valence-corrected chi connectivity index (χ0v) is 12.5. The predicted octanol–water partition coefficient (Wildman–Crippen LogP) is 2.11. The summed E-state index contributed by atoms with van der Waals surface area (Å²) in [5.74, 6) is 0.0557. The summed E-state index contributed by atoms with van der Waals surface area (Å²) in [6.45, 7) is 2.10. The number of hydrogen-bond acceptors (Lipinski definition) is 3. The van der Waals surface area contributed by atoms with E-state index in [0.717, 1.165) is 18.5 Å². The molecule has 0 unspecified atom stereocenters. The quantitative estimate of drug-likeness (QED) is 0.851. The van der Waals surface area contributed by atoms with Gasteiger partial charge in [-0.3, -0.25) is 9.21 Å². The molecule has 3 rings (SSSR count). The average molecular weight is 314 g/mol. The summed E-state index contributed by atoms with van der Waals surface area (Å²) in [7, 11) is 0. The molecule has 2 aliphatic heterocycles. The van der Waals surface area contributed by atoms with E-state index in [1.807, 2.05) is 17.2 Å². The molecular formula is C14H17Cl2N3O. The molecule has 1 amide bonds. The van der Waals surface area contributed by atoms with Gasteiger partial charge in [0.1, 0.15) is 0 Å². The zero-order chi connectivity index (χ0) is 13.4. The fraction of sp³-hybridized carbons (Fsp3) is 0.357. The second-order valence-corrected chi connectivity index (χ2v) is 5.50. The Morgan fingerprint density at radius 1 is 1.40 bits per heavy atom. The topological polar surface area (TPSA) is 49.6 Å². The number of halogens is 2. The number of nitrogens with two attached hydrogens (primary N) is 1. The zero-order valence-electron chi connectivity index (χ0n) is 11.0. The number of amides is 1. The summed E-state index contributed by atoms with van der Waals surface area (Å²) >= 11 is 5.94. The molecular weight excluding hydrogens is 297 g/mol. The van der Waals surface area contributed by atoms with Crippen LogP contribution in [-0.4, -0.2) is 27.8 Å². The number of carbonyl (C=O) groups is 1. The Morgan fingerprint density at radius 3 is 2.90 bits per heavy atom. The van der Waals surface area contributed by atoms with Crippen LogP contribution in [0.25, 0.3) is 6.08 Å². The van der Waals surface area contributed by atoms with Crippen LogP contribution in [0.5, 0.6) is 0 Å². The molecule has 2 N–H and O–H groups in total. The number of hydrogen-bond donors (Lipinski definition) is 1. The third-order valence-corrected chi connectivity index (χ3v) is 3.89. The molecule has 6 heteroatoms. The molecule has 0 radical (unpaired) electrons. The number of likely N-dealkylation sites (tertiary alicyclic amines) is 1. The highest BCUT2D eigenvalue weighted by atomic mass is 35.5. The van der Waals surface area contributed by atoms with Gasteiger partial charge in [0, 0.05) is 31.1 Å². The van der Waals surface area contributed by atoms with E-state index < -0.39 is 0 Å². The highest BCUT2D eigenvalue weighted by Crippen LogP contribution is 2.23. The first-order valence-corrected chi connectivity index (χ1v) is 6.74. The molecule has 0 aliphatic carbocycles. The fourth-order valence-corrected chi connectivity index (χ4v) is 2.74. The van der Waals surface area contributed by atoms with E-state index in [1.54, 1.807) is 4.42 Å². The molecule has 4 nitrogen and oxygen atoms in total. The van der Waals surface area contributed by atoms with Crippen molar-refractivity contribution in [1.29, 1.82) is 0 Å². The fourth-order valence-electron chi connectivity index (χ4n) is 2.56. The maximum atomic E-state index is 11.8. The lowest BCUT2D eigenvalue weighted by atomic mass is 10.0. The van der Waals surface area contributed by atoms with Gasteiger partial charge in [-0.05, 0) is 35.3 Å². The molecule has 0 aromatic heterocycles. The second-order valence-electron chi connectivity index (χ2n) is 5.06. The second kappa shape index (κ2) is 6.04. The number of carbonyl (C=O) groups excluding carboxylic acids is 1. The number of fused-ring (bicyclic) bond motifs is 1. The minimum Gasteiger partial charge on any atom is -0.337 e. The summed E-state index contributed by atoms with van der Waals surface area (Å²) in [5.41, 5.74) is 9.23. The van der Waals surface area contributed by atoms with Gasteiger partial charge < -0.3 is 10.6 Å². The molecule has 1 aromatic carbocycles. The molecule has 0 bridgehead atoms. The van der Waals surface area contributed by atoms with Crippen molar-refractivity contribution in [1.82, 2.24) is 9.32 Å². The lowest BCUT2D eigenvalue weighted by Crippen LogP contribution is -2.33. The van der Waals surface area contributed by atoms with Crippen molar-refractivity contribution in [3.63, 3.8) is 0 Å². The first-order valence-electron chi connectivity index (χ1n) is 6.40. The van der Waals surface area contributed by atoms with E-state index in [0.29, 0.717) is 13.1 Å². The summed E-state index contributed by atoms with van der Waals surface area (Å²) in [6, 6.07) is 5.93. The third-order valence-electron chi connectivity index (χ3n) is 3.66. The normalized spacial score (nSPS) is 20.9. The molecule has 20 heavy (non-hydrogen) atoms. The van der Waals surface area contributed by atoms with Gasteiger partial charge in [0.05, 0.1) is 12.6 Å². The van der Waals surface area contributed by atoms with Crippen LogP contribution < -0.4 is 5.73 Å². The maximum Gasteiger partial charge on any atom is 0.239 e. The molecule has 1 fully saturated rings. The summed E-state index contributed by atoms with van der Waals surface area (Å²) in [5, 5.41) is 0. The Bertz CT molecular complexity index is 547. The lowest BCUT2D eigenvalue weighted by molar-refractivity contribution is -0.129. The van der Waals surface area contributed by atoms with E-state index in [9.17, 15) is 4.79 Å². The lowest BCUT2D eigenvalue weighted by Gasteiger charge is -2.20. The van der Waals surface area contributed by atoms with Crippen LogP contribution in [0.4, 0.5) is 0 Å². The van der Waals surface area contributed by atoms with Crippen LogP contribution in [-0.2, 0) is 17.9 Å². The SMILES string of the molecule is Cl.N[C@H]1CCN(Cc2ccc3c(c2)C=CN(Cl)C3)C1=O. The van der Waals surface area contributed by atoms with Gasteiger partial charge in [-0.2, -0.15) is 0 Å². The monoisotopic (exact) mass is 313 g/mol. The highest BCUT2D eigenvalue weighted by Gasteiger charge is 2.28. The Morgan fingerprint density at radius 2 is 2.20 bits per heavy atom. The van der Waals surface area contributed by atoms with Crippen LogP contribution in [0.3, 0.4) is 0 Å². The summed E-state index contributed by atoms with van der Waals surface area (Å²) in [4.78, 5) is 13.6. The number of nitrogens with zero attached hydrogens (tertiary/aromatic N) is 2. The van der Waals surface area contributed by atoms with E-state index in [1.165, 1.54) is 11.1 Å². The van der Waals surface area contributed by atoms with Crippen molar-refractivity contribution in [3.05, 3.63) is 41.1 Å². The predicted molar refractivity (Wildman–Crippen MR) is 82.1 cm³/mol. The number of benzene rings is 1. The highest BCUT2D eigenvalue weighted by molar-refractivity contribution is 6.14. The van der Waals surface area contributed by atoms with E-state index in [4.69, 9.17) is 17.5 Å².